The van der Waals surface area contributed by atoms with E-state index in [0.717, 1.165) is 63.2 Å². The fraction of sp³-hybridized carbons (Fsp3) is 0.200. The van der Waals surface area contributed by atoms with E-state index in [1.54, 1.807) is 0 Å². The molecule has 0 atom stereocenters. The minimum atomic E-state index is -0.708. The molecule has 0 spiro atoms. The second-order valence-corrected chi connectivity index (χ2v) is 9.96. The third-order valence-corrected chi connectivity index (χ3v) is 7.47. The van der Waals surface area contributed by atoms with Gasteiger partial charge in [0.25, 0.3) is 0 Å². The second-order valence-electron chi connectivity index (χ2n) is 9.96. The van der Waals surface area contributed by atoms with Gasteiger partial charge in [-0.1, -0.05) is 116 Å². The van der Waals surface area contributed by atoms with Crippen molar-refractivity contribution in [1.29, 1.82) is 0 Å². The van der Waals surface area contributed by atoms with Gasteiger partial charge in [0.15, 0.2) is 5.82 Å². The molecule has 0 radical (unpaired) electrons. The third kappa shape index (κ3) is 4.52. The Balaban J connectivity index is 1.68. The number of fused-ring (bicyclic) bond motifs is 3. The van der Waals surface area contributed by atoms with E-state index in [9.17, 15) is 0 Å². The van der Waals surface area contributed by atoms with E-state index >= 15 is 0 Å². The molecule has 2 aromatic heterocycles. The SMILES string of the molecule is CCCn1c(COCC)nc2c(NC(c3ccccc3)(c3ccccc3)c3ccccc3)nc3ccccc3c21. The lowest BCUT2D eigenvalue weighted by atomic mass is 9.77. The number of nitrogens with one attached hydrogen (secondary N) is 1. The summed E-state index contributed by atoms with van der Waals surface area (Å²) in [6, 6.07) is 40.2. The van der Waals surface area contributed by atoms with Crippen molar-refractivity contribution < 1.29 is 4.74 Å². The van der Waals surface area contributed by atoms with Crippen molar-refractivity contribution in [2.24, 2.45) is 0 Å². The number of nitrogens with zero attached hydrogens (tertiary/aromatic N) is 3. The molecule has 6 aromatic rings. The van der Waals surface area contributed by atoms with Gasteiger partial charge in [-0.25, -0.2) is 9.97 Å². The second kappa shape index (κ2) is 11.3. The highest BCUT2D eigenvalue weighted by atomic mass is 16.5. The number of pyridine rings is 1. The molecular formula is C35H34N4O. The largest absolute Gasteiger partial charge is 0.374 e. The van der Waals surface area contributed by atoms with Gasteiger partial charge in [-0.2, -0.15) is 0 Å². The predicted octanol–water partition coefficient (Wildman–Crippen LogP) is 7.94. The summed E-state index contributed by atoms with van der Waals surface area (Å²) in [7, 11) is 0. The first-order valence-corrected chi connectivity index (χ1v) is 14.1. The smallest absolute Gasteiger partial charge is 0.156 e. The first-order valence-electron chi connectivity index (χ1n) is 14.1. The molecule has 0 aliphatic rings. The molecule has 0 saturated carbocycles. The Morgan fingerprint density at radius 3 is 1.80 bits per heavy atom. The van der Waals surface area contributed by atoms with E-state index in [0.29, 0.717) is 13.2 Å². The van der Waals surface area contributed by atoms with Gasteiger partial charge >= 0.3 is 0 Å². The lowest BCUT2D eigenvalue weighted by Crippen LogP contribution is -2.38. The van der Waals surface area contributed by atoms with E-state index in [4.69, 9.17) is 14.7 Å². The van der Waals surface area contributed by atoms with Gasteiger partial charge in [-0.05, 0) is 36.1 Å². The Bertz CT molecular complexity index is 1620. The molecule has 4 aromatic carbocycles. The number of hydrogen-bond donors (Lipinski definition) is 1. The quantitative estimate of drug-likeness (QED) is 0.184. The minimum absolute atomic E-state index is 0.458. The van der Waals surface area contributed by atoms with E-state index in [-0.39, 0.29) is 0 Å². The Kier molecular flexibility index (Phi) is 7.30. The molecule has 0 aliphatic carbocycles. The monoisotopic (exact) mass is 526 g/mol. The molecule has 6 rings (SSSR count). The van der Waals surface area contributed by atoms with Crippen LogP contribution < -0.4 is 5.32 Å². The summed E-state index contributed by atoms with van der Waals surface area (Å²) >= 11 is 0. The molecule has 0 aliphatic heterocycles. The standard InChI is InChI=1S/C35H34N4O/c1-3-24-39-31(25-40-4-2)37-32-33(39)29-22-14-15-23-30(29)36-34(32)38-35(26-16-8-5-9-17-26,27-18-10-6-11-19-27)28-20-12-7-13-21-28/h5-23H,3-4,24-25H2,1-2H3,(H,36,38). The van der Waals surface area contributed by atoms with E-state index in [2.05, 4.69) is 126 Å². The zero-order valence-electron chi connectivity index (χ0n) is 23.0. The number of aryl methyl sites for hydroxylation is 1. The van der Waals surface area contributed by atoms with Crippen LogP contribution in [0.5, 0.6) is 0 Å². The van der Waals surface area contributed by atoms with Gasteiger partial charge in [0.1, 0.15) is 23.5 Å². The van der Waals surface area contributed by atoms with Gasteiger partial charge in [-0.3, -0.25) is 0 Å². The van der Waals surface area contributed by atoms with Crippen LogP contribution in [0.2, 0.25) is 0 Å². The number of para-hydroxylation sites is 1. The summed E-state index contributed by atoms with van der Waals surface area (Å²) in [5.74, 6) is 1.67. The number of ether oxygens (including phenoxy) is 1. The van der Waals surface area contributed by atoms with Crippen molar-refractivity contribution in [2.45, 2.75) is 39.0 Å². The summed E-state index contributed by atoms with van der Waals surface area (Å²) in [6.45, 7) is 6.17. The van der Waals surface area contributed by atoms with Crippen molar-refractivity contribution in [1.82, 2.24) is 14.5 Å². The van der Waals surface area contributed by atoms with E-state index < -0.39 is 5.54 Å². The zero-order valence-corrected chi connectivity index (χ0v) is 23.0. The first kappa shape index (κ1) is 25.8. The van der Waals surface area contributed by atoms with Crippen molar-refractivity contribution in [3.8, 4) is 0 Å². The molecule has 200 valence electrons. The maximum atomic E-state index is 5.87. The van der Waals surface area contributed by atoms with Gasteiger partial charge in [0.05, 0.1) is 11.0 Å². The van der Waals surface area contributed by atoms with Crippen LogP contribution in [0.4, 0.5) is 5.82 Å². The topological polar surface area (TPSA) is 52.0 Å². The Labute approximate surface area is 235 Å². The third-order valence-electron chi connectivity index (χ3n) is 7.47. The molecule has 0 saturated heterocycles. The summed E-state index contributed by atoms with van der Waals surface area (Å²) in [5, 5.41) is 5.08. The lowest BCUT2D eigenvalue weighted by Gasteiger charge is -2.37. The van der Waals surface area contributed by atoms with Gasteiger partial charge in [-0.15, -0.1) is 0 Å². The lowest BCUT2D eigenvalue weighted by molar-refractivity contribution is 0.126. The minimum Gasteiger partial charge on any atom is -0.374 e. The van der Waals surface area contributed by atoms with E-state index in [1.165, 1.54) is 0 Å². The van der Waals surface area contributed by atoms with Gasteiger partial charge < -0.3 is 14.6 Å². The van der Waals surface area contributed by atoms with Crippen molar-refractivity contribution in [3.63, 3.8) is 0 Å². The average Bonchev–Trinajstić information content (AvgIpc) is 3.39. The number of aromatic nitrogens is 3. The molecule has 2 heterocycles. The Morgan fingerprint density at radius 2 is 1.25 bits per heavy atom. The maximum Gasteiger partial charge on any atom is 0.156 e. The van der Waals surface area contributed by atoms with Crippen LogP contribution in [0, 0.1) is 0 Å². The first-order chi connectivity index (χ1) is 19.8. The fourth-order valence-electron chi connectivity index (χ4n) is 5.70. The number of rotatable bonds is 10. The van der Waals surface area contributed by atoms with Crippen LogP contribution in [0.3, 0.4) is 0 Å². The molecule has 0 amide bonds. The van der Waals surface area contributed by atoms with Crippen LogP contribution in [0.15, 0.2) is 115 Å². The van der Waals surface area contributed by atoms with Crippen molar-refractivity contribution in [3.05, 3.63) is 138 Å². The van der Waals surface area contributed by atoms with Gasteiger partial charge in [0, 0.05) is 18.5 Å². The molecule has 1 N–H and O–H groups in total. The molecule has 5 nitrogen and oxygen atoms in total. The van der Waals surface area contributed by atoms with Crippen LogP contribution in [0.1, 0.15) is 42.8 Å². The molecular weight excluding hydrogens is 492 g/mol. The highest BCUT2D eigenvalue weighted by Gasteiger charge is 2.37. The molecule has 40 heavy (non-hydrogen) atoms. The fourth-order valence-corrected chi connectivity index (χ4v) is 5.70. The summed E-state index contributed by atoms with van der Waals surface area (Å²) in [5.41, 5.74) is 5.54. The van der Waals surface area contributed by atoms with Crippen molar-refractivity contribution >= 4 is 27.8 Å². The number of hydrogen-bond acceptors (Lipinski definition) is 4. The molecule has 0 fully saturated rings. The highest BCUT2D eigenvalue weighted by molar-refractivity contribution is 6.07. The van der Waals surface area contributed by atoms with Crippen LogP contribution in [0.25, 0.3) is 21.9 Å². The highest BCUT2D eigenvalue weighted by Crippen LogP contribution is 2.42. The maximum absolute atomic E-state index is 5.87. The zero-order chi connectivity index (χ0) is 27.4. The predicted molar refractivity (Wildman–Crippen MR) is 163 cm³/mol. The van der Waals surface area contributed by atoms with Crippen LogP contribution in [-0.4, -0.2) is 21.1 Å². The van der Waals surface area contributed by atoms with E-state index in [1.807, 2.05) is 13.0 Å². The number of anilines is 1. The Morgan fingerprint density at radius 1 is 0.700 bits per heavy atom. The van der Waals surface area contributed by atoms with Crippen LogP contribution in [-0.2, 0) is 23.4 Å². The van der Waals surface area contributed by atoms with Crippen molar-refractivity contribution in [2.75, 3.05) is 11.9 Å². The molecule has 0 bridgehead atoms. The summed E-state index contributed by atoms with van der Waals surface area (Å²) in [6.07, 6.45) is 0.992. The van der Waals surface area contributed by atoms with Gasteiger partial charge in [0.2, 0.25) is 0 Å². The summed E-state index contributed by atoms with van der Waals surface area (Å²) < 4.78 is 8.19. The number of benzene rings is 4. The van der Waals surface area contributed by atoms with Crippen LogP contribution >= 0.6 is 0 Å². The average molecular weight is 527 g/mol. The normalized spacial score (nSPS) is 11.8. The molecule has 5 heteroatoms. The number of imidazole rings is 1. The molecule has 0 unspecified atom stereocenters. The Hall–Kier alpha value is -4.48. The summed E-state index contributed by atoms with van der Waals surface area (Å²) in [4.78, 5) is 10.4.